The molecule has 0 saturated carbocycles. The maximum Gasteiger partial charge on any atom is 0.251 e. The summed E-state index contributed by atoms with van der Waals surface area (Å²) in [6, 6.07) is 9.79. The van der Waals surface area contributed by atoms with Gasteiger partial charge < -0.3 is 5.32 Å². The van der Waals surface area contributed by atoms with Gasteiger partial charge in [-0.15, -0.1) is 11.3 Å². The minimum atomic E-state index is -0.0125. The molecule has 0 saturated heterocycles. The Morgan fingerprint density at radius 1 is 1.24 bits per heavy atom. The molecule has 0 unspecified atom stereocenters. The third-order valence-corrected chi connectivity index (χ3v) is 3.65. The fraction of sp³-hybridized carbons (Fsp3) is 0.214. The normalized spacial score (nSPS) is 10.2. The van der Waals surface area contributed by atoms with Crippen molar-refractivity contribution < 1.29 is 4.79 Å². The van der Waals surface area contributed by atoms with Gasteiger partial charge in [-0.05, 0) is 48.6 Å². The van der Waals surface area contributed by atoms with Crippen LogP contribution in [0.15, 0.2) is 35.7 Å². The predicted molar refractivity (Wildman–Crippen MR) is 71.4 cm³/mol. The van der Waals surface area contributed by atoms with Gasteiger partial charge in [-0.25, -0.2) is 0 Å². The molecule has 0 aliphatic carbocycles. The number of rotatable bonds is 3. The van der Waals surface area contributed by atoms with Crippen LogP contribution in [0, 0.1) is 13.8 Å². The molecule has 0 aliphatic rings. The summed E-state index contributed by atoms with van der Waals surface area (Å²) in [5.41, 5.74) is 3.08. The van der Waals surface area contributed by atoms with E-state index in [4.69, 9.17) is 0 Å². The van der Waals surface area contributed by atoms with Gasteiger partial charge in [-0.3, -0.25) is 4.79 Å². The van der Waals surface area contributed by atoms with Crippen molar-refractivity contribution in [1.29, 1.82) is 0 Å². The van der Waals surface area contributed by atoms with Crippen molar-refractivity contribution in [2.24, 2.45) is 0 Å². The Balaban J connectivity index is 2.02. The maximum absolute atomic E-state index is 11.9. The molecule has 3 heteroatoms. The predicted octanol–water partition coefficient (Wildman–Crippen LogP) is 3.29. The molecule has 1 heterocycles. The molecule has 0 fully saturated rings. The number of hydrogen-bond donors (Lipinski definition) is 1. The highest BCUT2D eigenvalue weighted by Crippen LogP contribution is 2.11. The van der Waals surface area contributed by atoms with Gasteiger partial charge in [0.1, 0.15) is 0 Å². The van der Waals surface area contributed by atoms with Crippen LogP contribution in [-0.4, -0.2) is 5.91 Å². The van der Waals surface area contributed by atoms with Crippen LogP contribution in [0.3, 0.4) is 0 Å². The zero-order valence-electron chi connectivity index (χ0n) is 9.99. The molecule has 2 rings (SSSR count). The van der Waals surface area contributed by atoms with Crippen LogP contribution < -0.4 is 5.32 Å². The highest BCUT2D eigenvalue weighted by Gasteiger charge is 2.06. The Bertz CT molecular complexity index is 517. The van der Waals surface area contributed by atoms with Crippen LogP contribution in [-0.2, 0) is 6.54 Å². The first kappa shape index (κ1) is 11.9. The summed E-state index contributed by atoms with van der Waals surface area (Å²) in [5.74, 6) is -0.0125. The maximum atomic E-state index is 11.9. The van der Waals surface area contributed by atoms with Crippen molar-refractivity contribution in [1.82, 2.24) is 5.32 Å². The molecule has 1 aromatic heterocycles. The van der Waals surface area contributed by atoms with Crippen LogP contribution in [0.4, 0.5) is 0 Å². The molecule has 1 aromatic carbocycles. The number of benzene rings is 1. The average Bonchev–Trinajstić information content (AvgIpc) is 2.82. The first-order valence-corrected chi connectivity index (χ1v) is 6.42. The van der Waals surface area contributed by atoms with Gasteiger partial charge in [0, 0.05) is 10.4 Å². The SMILES string of the molecule is Cc1ccc(C(=O)NCc2cccs2)cc1C. The number of carbonyl (C=O) groups is 1. The molecule has 0 aliphatic heterocycles. The highest BCUT2D eigenvalue weighted by molar-refractivity contribution is 7.09. The van der Waals surface area contributed by atoms with Gasteiger partial charge in [0.25, 0.3) is 5.91 Å². The van der Waals surface area contributed by atoms with Crippen LogP contribution >= 0.6 is 11.3 Å². The quantitative estimate of drug-likeness (QED) is 0.883. The molecule has 0 spiro atoms. The minimum Gasteiger partial charge on any atom is -0.347 e. The Kier molecular flexibility index (Phi) is 3.59. The molecule has 0 atom stereocenters. The third kappa shape index (κ3) is 2.94. The van der Waals surface area contributed by atoms with Gasteiger partial charge >= 0.3 is 0 Å². The van der Waals surface area contributed by atoms with Crippen LogP contribution in [0.5, 0.6) is 0 Å². The molecule has 17 heavy (non-hydrogen) atoms. The van der Waals surface area contributed by atoms with Gasteiger partial charge in [-0.2, -0.15) is 0 Å². The van der Waals surface area contributed by atoms with E-state index in [2.05, 4.69) is 5.32 Å². The van der Waals surface area contributed by atoms with E-state index >= 15 is 0 Å². The molecule has 2 aromatic rings. The van der Waals surface area contributed by atoms with Gasteiger partial charge in [0.05, 0.1) is 6.54 Å². The monoisotopic (exact) mass is 245 g/mol. The minimum absolute atomic E-state index is 0.0125. The molecule has 0 radical (unpaired) electrons. The Labute approximate surface area is 105 Å². The number of aryl methyl sites for hydroxylation is 2. The number of amides is 1. The second-order valence-electron chi connectivity index (χ2n) is 4.06. The molecule has 1 N–H and O–H groups in total. The summed E-state index contributed by atoms with van der Waals surface area (Å²) in [6.45, 7) is 4.66. The summed E-state index contributed by atoms with van der Waals surface area (Å²) in [4.78, 5) is 13.1. The summed E-state index contributed by atoms with van der Waals surface area (Å²) < 4.78 is 0. The van der Waals surface area contributed by atoms with Gasteiger partial charge in [0.15, 0.2) is 0 Å². The fourth-order valence-corrected chi connectivity index (χ4v) is 2.21. The van der Waals surface area contributed by atoms with Crippen molar-refractivity contribution in [3.05, 3.63) is 57.3 Å². The molecule has 0 bridgehead atoms. The Morgan fingerprint density at radius 2 is 2.06 bits per heavy atom. The van der Waals surface area contributed by atoms with Crippen LogP contribution in [0.25, 0.3) is 0 Å². The first-order chi connectivity index (χ1) is 8.16. The lowest BCUT2D eigenvalue weighted by atomic mass is 10.1. The number of carbonyl (C=O) groups excluding carboxylic acids is 1. The third-order valence-electron chi connectivity index (χ3n) is 2.77. The number of hydrogen-bond acceptors (Lipinski definition) is 2. The van der Waals surface area contributed by atoms with Crippen LogP contribution in [0.2, 0.25) is 0 Å². The van der Waals surface area contributed by atoms with E-state index in [0.29, 0.717) is 6.54 Å². The molecular weight excluding hydrogens is 230 g/mol. The largest absolute Gasteiger partial charge is 0.347 e. The number of nitrogens with one attached hydrogen (secondary N) is 1. The van der Waals surface area contributed by atoms with Gasteiger partial charge in [0.2, 0.25) is 0 Å². The lowest BCUT2D eigenvalue weighted by Crippen LogP contribution is -2.22. The topological polar surface area (TPSA) is 29.1 Å². The molecule has 1 amide bonds. The van der Waals surface area contributed by atoms with Crippen molar-refractivity contribution in [3.8, 4) is 0 Å². The molecular formula is C14H15NOS. The zero-order chi connectivity index (χ0) is 12.3. The highest BCUT2D eigenvalue weighted by atomic mass is 32.1. The standard InChI is InChI=1S/C14H15NOS/c1-10-5-6-12(8-11(10)2)14(16)15-9-13-4-3-7-17-13/h3-8H,9H2,1-2H3,(H,15,16). The first-order valence-electron chi connectivity index (χ1n) is 5.54. The zero-order valence-corrected chi connectivity index (χ0v) is 10.8. The van der Waals surface area contributed by atoms with Crippen molar-refractivity contribution in [3.63, 3.8) is 0 Å². The second kappa shape index (κ2) is 5.15. The average molecular weight is 245 g/mol. The van der Waals surface area contributed by atoms with E-state index < -0.39 is 0 Å². The smallest absolute Gasteiger partial charge is 0.251 e. The fourth-order valence-electron chi connectivity index (χ4n) is 1.57. The van der Waals surface area contributed by atoms with Crippen molar-refractivity contribution in [2.45, 2.75) is 20.4 Å². The van der Waals surface area contributed by atoms with E-state index in [1.165, 1.54) is 10.4 Å². The lowest BCUT2D eigenvalue weighted by Gasteiger charge is -2.06. The summed E-state index contributed by atoms with van der Waals surface area (Å²) >= 11 is 1.65. The number of thiophene rings is 1. The van der Waals surface area contributed by atoms with Crippen molar-refractivity contribution in [2.75, 3.05) is 0 Å². The van der Waals surface area contributed by atoms with E-state index in [1.807, 2.05) is 49.6 Å². The van der Waals surface area contributed by atoms with E-state index in [1.54, 1.807) is 11.3 Å². The second-order valence-corrected chi connectivity index (χ2v) is 5.09. The summed E-state index contributed by atoms with van der Waals surface area (Å²) in [6.07, 6.45) is 0. The van der Waals surface area contributed by atoms with Crippen molar-refractivity contribution >= 4 is 17.2 Å². The molecule has 2 nitrogen and oxygen atoms in total. The van der Waals surface area contributed by atoms with E-state index in [-0.39, 0.29) is 5.91 Å². The summed E-state index contributed by atoms with van der Waals surface area (Å²) in [5, 5.41) is 4.93. The van der Waals surface area contributed by atoms with Crippen LogP contribution in [0.1, 0.15) is 26.4 Å². The summed E-state index contributed by atoms with van der Waals surface area (Å²) in [7, 11) is 0. The van der Waals surface area contributed by atoms with E-state index in [0.717, 1.165) is 11.1 Å². The Morgan fingerprint density at radius 3 is 2.71 bits per heavy atom. The Hall–Kier alpha value is -1.61. The van der Waals surface area contributed by atoms with Gasteiger partial charge in [-0.1, -0.05) is 12.1 Å². The molecule has 88 valence electrons. The lowest BCUT2D eigenvalue weighted by molar-refractivity contribution is 0.0951. The van der Waals surface area contributed by atoms with E-state index in [9.17, 15) is 4.79 Å².